The van der Waals surface area contributed by atoms with Gasteiger partial charge in [-0.2, -0.15) is 0 Å². The van der Waals surface area contributed by atoms with Crippen molar-refractivity contribution in [3.8, 4) is 0 Å². The van der Waals surface area contributed by atoms with E-state index in [0.29, 0.717) is 24.3 Å². The summed E-state index contributed by atoms with van der Waals surface area (Å²) < 4.78 is 0. The SMILES string of the molecule is CC(C)CN1CC(CCC(=O)O)CC(NCC2CC2)C1. The monoisotopic (exact) mass is 282 g/mol. The zero-order chi connectivity index (χ0) is 14.5. The Morgan fingerprint density at radius 2 is 2.05 bits per heavy atom. The summed E-state index contributed by atoms with van der Waals surface area (Å²) in [5, 5.41) is 12.6. The largest absolute Gasteiger partial charge is 0.481 e. The third-order valence-corrected chi connectivity index (χ3v) is 4.39. The first-order valence-corrected chi connectivity index (χ1v) is 8.20. The predicted molar refractivity (Wildman–Crippen MR) is 80.8 cm³/mol. The molecule has 0 radical (unpaired) electrons. The Morgan fingerprint density at radius 1 is 1.30 bits per heavy atom. The van der Waals surface area contributed by atoms with E-state index in [0.717, 1.165) is 44.9 Å². The zero-order valence-corrected chi connectivity index (χ0v) is 13.0. The number of likely N-dealkylation sites (tertiary alicyclic amines) is 1. The topological polar surface area (TPSA) is 52.6 Å². The minimum absolute atomic E-state index is 0.315. The number of hydrogen-bond donors (Lipinski definition) is 2. The lowest BCUT2D eigenvalue weighted by Crippen LogP contribution is -2.50. The Kier molecular flexibility index (Phi) is 5.85. The van der Waals surface area contributed by atoms with Gasteiger partial charge in [0, 0.05) is 32.1 Å². The van der Waals surface area contributed by atoms with Crippen molar-refractivity contribution in [2.24, 2.45) is 17.8 Å². The Labute approximate surface area is 122 Å². The van der Waals surface area contributed by atoms with E-state index in [-0.39, 0.29) is 0 Å². The van der Waals surface area contributed by atoms with E-state index in [2.05, 4.69) is 24.1 Å². The van der Waals surface area contributed by atoms with Crippen molar-refractivity contribution in [1.29, 1.82) is 0 Å². The summed E-state index contributed by atoms with van der Waals surface area (Å²) >= 11 is 0. The van der Waals surface area contributed by atoms with Crippen molar-refractivity contribution < 1.29 is 9.90 Å². The molecule has 2 fully saturated rings. The van der Waals surface area contributed by atoms with Crippen molar-refractivity contribution in [2.45, 2.75) is 52.0 Å². The Balaban J connectivity index is 1.81. The van der Waals surface area contributed by atoms with Crippen LogP contribution in [0.15, 0.2) is 0 Å². The number of aliphatic carboxylic acids is 1. The third-order valence-electron chi connectivity index (χ3n) is 4.39. The van der Waals surface area contributed by atoms with E-state index < -0.39 is 5.97 Å². The van der Waals surface area contributed by atoms with E-state index in [1.807, 2.05) is 0 Å². The molecule has 2 N–H and O–H groups in total. The van der Waals surface area contributed by atoms with Gasteiger partial charge in [-0.25, -0.2) is 0 Å². The molecule has 0 aromatic heterocycles. The van der Waals surface area contributed by atoms with Gasteiger partial charge >= 0.3 is 5.97 Å². The van der Waals surface area contributed by atoms with E-state index in [1.54, 1.807) is 0 Å². The smallest absolute Gasteiger partial charge is 0.303 e. The molecular weight excluding hydrogens is 252 g/mol. The molecule has 116 valence electrons. The van der Waals surface area contributed by atoms with Crippen LogP contribution in [0.4, 0.5) is 0 Å². The van der Waals surface area contributed by atoms with Gasteiger partial charge in [-0.05, 0) is 50.0 Å². The van der Waals surface area contributed by atoms with E-state index in [9.17, 15) is 4.79 Å². The van der Waals surface area contributed by atoms with Crippen molar-refractivity contribution in [2.75, 3.05) is 26.2 Å². The summed E-state index contributed by atoms with van der Waals surface area (Å²) in [6.45, 7) is 9.01. The standard InChI is InChI=1S/C16H30N2O2/c1-12(2)9-18-10-14(5-6-16(19)20)7-15(11-18)17-8-13-3-4-13/h12-15,17H,3-11H2,1-2H3,(H,19,20). The normalized spacial score (nSPS) is 27.9. The van der Waals surface area contributed by atoms with Gasteiger partial charge in [-0.3, -0.25) is 4.79 Å². The molecule has 1 saturated heterocycles. The molecule has 1 aliphatic carbocycles. The fourth-order valence-corrected chi connectivity index (χ4v) is 3.31. The third kappa shape index (κ3) is 5.80. The lowest BCUT2D eigenvalue weighted by molar-refractivity contribution is -0.137. The van der Waals surface area contributed by atoms with Gasteiger partial charge in [0.25, 0.3) is 0 Å². The quantitative estimate of drug-likeness (QED) is 0.716. The Bertz CT molecular complexity index is 316. The summed E-state index contributed by atoms with van der Waals surface area (Å²) in [5.74, 6) is 1.47. The van der Waals surface area contributed by atoms with Crippen LogP contribution in [0.25, 0.3) is 0 Å². The molecule has 2 aliphatic rings. The second-order valence-corrected chi connectivity index (χ2v) is 7.20. The van der Waals surface area contributed by atoms with E-state index in [1.165, 1.54) is 12.8 Å². The maximum Gasteiger partial charge on any atom is 0.303 e. The zero-order valence-electron chi connectivity index (χ0n) is 13.0. The summed E-state index contributed by atoms with van der Waals surface area (Å²) in [7, 11) is 0. The summed E-state index contributed by atoms with van der Waals surface area (Å²) in [6.07, 6.45) is 5.06. The number of carbonyl (C=O) groups is 1. The summed E-state index contributed by atoms with van der Waals surface area (Å²) in [6, 6.07) is 0.557. The van der Waals surface area contributed by atoms with Gasteiger partial charge in [-0.1, -0.05) is 13.8 Å². The Hall–Kier alpha value is -0.610. The highest BCUT2D eigenvalue weighted by molar-refractivity contribution is 5.66. The van der Waals surface area contributed by atoms with Crippen molar-refractivity contribution >= 4 is 5.97 Å². The van der Waals surface area contributed by atoms with Crippen LogP contribution in [0.3, 0.4) is 0 Å². The molecule has 2 atom stereocenters. The highest BCUT2D eigenvalue weighted by atomic mass is 16.4. The van der Waals surface area contributed by atoms with Gasteiger partial charge in [0.2, 0.25) is 0 Å². The number of nitrogens with zero attached hydrogens (tertiary/aromatic N) is 1. The number of piperidine rings is 1. The highest BCUT2D eigenvalue weighted by Gasteiger charge is 2.29. The van der Waals surface area contributed by atoms with Crippen LogP contribution in [0.5, 0.6) is 0 Å². The first kappa shape index (κ1) is 15.8. The molecule has 4 heteroatoms. The van der Waals surface area contributed by atoms with Crippen molar-refractivity contribution in [1.82, 2.24) is 10.2 Å². The Morgan fingerprint density at radius 3 is 2.65 bits per heavy atom. The van der Waals surface area contributed by atoms with Crippen LogP contribution in [0, 0.1) is 17.8 Å². The minimum atomic E-state index is -0.659. The predicted octanol–water partition coefficient (Wildman–Crippen LogP) is 2.20. The van der Waals surface area contributed by atoms with Gasteiger partial charge in [0.05, 0.1) is 0 Å². The molecular formula is C16H30N2O2. The van der Waals surface area contributed by atoms with Crippen LogP contribution in [-0.4, -0.2) is 48.2 Å². The average molecular weight is 282 g/mol. The molecule has 2 rings (SSSR count). The van der Waals surface area contributed by atoms with Gasteiger partial charge in [-0.15, -0.1) is 0 Å². The van der Waals surface area contributed by atoms with Gasteiger partial charge < -0.3 is 15.3 Å². The maximum absolute atomic E-state index is 10.8. The van der Waals surface area contributed by atoms with Crippen LogP contribution < -0.4 is 5.32 Å². The lowest BCUT2D eigenvalue weighted by atomic mass is 9.89. The van der Waals surface area contributed by atoms with Gasteiger partial charge in [0.1, 0.15) is 0 Å². The van der Waals surface area contributed by atoms with Crippen LogP contribution >= 0.6 is 0 Å². The minimum Gasteiger partial charge on any atom is -0.481 e. The fourth-order valence-electron chi connectivity index (χ4n) is 3.31. The van der Waals surface area contributed by atoms with Crippen LogP contribution in [0.1, 0.15) is 46.0 Å². The second-order valence-electron chi connectivity index (χ2n) is 7.20. The molecule has 0 amide bonds. The molecule has 0 spiro atoms. The average Bonchev–Trinajstić information content (AvgIpc) is 3.17. The van der Waals surface area contributed by atoms with E-state index >= 15 is 0 Å². The molecule has 1 saturated carbocycles. The van der Waals surface area contributed by atoms with Crippen molar-refractivity contribution in [3.05, 3.63) is 0 Å². The fraction of sp³-hybridized carbons (Fsp3) is 0.938. The highest BCUT2D eigenvalue weighted by Crippen LogP contribution is 2.29. The molecule has 4 nitrogen and oxygen atoms in total. The number of carboxylic acids is 1. The molecule has 0 bridgehead atoms. The maximum atomic E-state index is 10.8. The molecule has 0 aromatic rings. The van der Waals surface area contributed by atoms with Crippen LogP contribution in [0.2, 0.25) is 0 Å². The second kappa shape index (κ2) is 7.41. The molecule has 20 heavy (non-hydrogen) atoms. The lowest BCUT2D eigenvalue weighted by Gasteiger charge is -2.39. The summed E-state index contributed by atoms with van der Waals surface area (Å²) in [5.41, 5.74) is 0. The molecule has 1 heterocycles. The van der Waals surface area contributed by atoms with Gasteiger partial charge in [0.15, 0.2) is 0 Å². The summed E-state index contributed by atoms with van der Waals surface area (Å²) in [4.78, 5) is 13.3. The number of nitrogens with one attached hydrogen (secondary N) is 1. The number of rotatable bonds is 8. The number of carboxylic acid groups (broad SMARTS) is 1. The van der Waals surface area contributed by atoms with Crippen LogP contribution in [-0.2, 0) is 4.79 Å². The number of hydrogen-bond acceptors (Lipinski definition) is 3. The van der Waals surface area contributed by atoms with E-state index in [4.69, 9.17) is 5.11 Å². The first-order valence-electron chi connectivity index (χ1n) is 8.20. The van der Waals surface area contributed by atoms with Crippen molar-refractivity contribution in [3.63, 3.8) is 0 Å². The first-order chi connectivity index (χ1) is 9.52. The molecule has 0 aromatic carbocycles. The molecule has 2 unspecified atom stereocenters. The molecule has 1 aliphatic heterocycles.